The van der Waals surface area contributed by atoms with Crippen LogP contribution < -0.4 is 15.2 Å². The second-order valence-corrected chi connectivity index (χ2v) is 6.12. The fraction of sp³-hybridized carbons (Fsp3) is 0.211. The average molecular weight is 405 g/mol. The molecule has 0 heterocycles. The van der Waals surface area contributed by atoms with Gasteiger partial charge in [-0.1, -0.05) is 0 Å². The van der Waals surface area contributed by atoms with E-state index in [2.05, 4.69) is 14.7 Å². The lowest BCUT2D eigenvalue weighted by molar-refractivity contribution is 0.183. The second-order valence-electron chi connectivity index (χ2n) is 5.33. The zero-order valence-electron chi connectivity index (χ0n) is 15.9. The number of nitrogens with two attached hydrogens (primary N) is 1. The van der Waals surface area contributed by atoms with E-state index < -0.39 is 11.9 Å². The fourth-order valence-electron chi connectivity index (χ4n) is 2.26. The number of aliphatic imine (C=N–C) groups is 2. The molecule has 0 bridgehead atoms. The van der Waals surface area contributed by atoms with Crippen LogP contribution in [0.5, 0.6) is 11.5 Å². The van der Waals surface area contributed by atoms with Crippen LogP contribution in [-0.2, 0) is 4.74 Å². The summed E-state index contributed by atoms with van der Waals surface area (Å²) in [6.07, 6.45) is 0.961. The summed E-state index contributed by atoms with van der Waals surface area (Å²) in [5, 5.41) is 0.288. The van der Waals surface area contributed by atoms with Gasteiger partial charge in [-0.15, -0.1) is 11.8 Å². The van der Waals surface area contributed by atoms with Gasteiger partial charge in [0.25, 0.3) is 0 Å². The average Bonchev–Trinajstić information content (AvgIpc) is 2.72. The first-order valence-corrected chi connectivity index (χ1v) is 9.23. The SMILES string of the molecule is COC(=O)/N=C(SC)/C(=N/c1ccc(N)c(F)c1)c1ccc(OC)c(OC)c1. The molecule has 148 valence electrons. The molecule has 2 N–H and O–H groups in total. The third-order valence-corrected chi connectivity index (χ3v) is 4.32. The van der Waals surface area contributed by atoms with Crippen LogP contribution in [0.25, 0.3) is 0 Å². The van der Waals surface area contributed by atoms with Crippen LogP contribution >= 0.6 is 11.8 Å². The quantitative estimate of drug-likeness (QED) is 0.458. The Morgan fingerprint density at radius 2 is 1.79 bits per heavy atom. The van der Waals surface area contributed by atoms with Crippen molar-refractivity contribution < 1.29 is 23.4 Å². The summed E-state index contributed by atoms with van der Waals surface area (Å²) < 4.78 is 29.1. The standard InChI is InChI=1S/C19H20FN3O4S/c1-25-15-8-5-11(9-16(15)26-2)17(18(28-4)23-19(24)27-3)22-12-6-7-14(21)13(20)10-12/h5-10H,21H2,1-4H3/b22-17+,23-18-. The second kappa shape index (κ2) is 9.75. The molecule has 0 aliphatic rings. The highest BCUT2D eigenvalue weighted by Gasteiger charge is 2.17. The molecule has 9 heteroatoms. The topological polar surface area (TPSA) is 95.5 Å². The number of amides is 1. The maximum Gasteiger partial charge on any atom is 0.434 e. The molecule has 0 aromatic heterocycles. The predicted molar refractivity (Wildman–Crippen MR) is 110 cm³/mol. The van der Waals surface area contributed by atoms with Crippen LogP contribution in [0.1, 0.15) is 5.56 Å². The van der Waals surface area contributed by atoms with Crippen molar-refractivity contribution >= 4 is 40.0 Å². The lowest BCUT2D eigenvalue weighted by Crippen LogP contribution is -2.14. The van der Waals surface area contributed by atoms with E-state index in [1.807, 2.05) is 0 Å². The third-order valence-electron chi connectivity index (χ3n) is 3.65. The largest absolute Gasteiger partial charge is 0.493 e. The molecule has 28 heavy (non-hydrogen) atoms. The summed E-state index contributed by atoms with van der Waals surface area (Å²) in [4.78, 5) is 20.1. The van der Waals surface area contributed by atoms with Crippen molar-refractivity contribution in [2.45, 2.75) is 0 Å². The number of carbonyl (C=O) groups excluding carboxylic acids is 1. The van der Waals surface area contributed by atoms with Crippen molar-refractivity contribution in [3.05, 3.63) is 47.8 Å². The number of anilines is 1. The molecule has 2 rings (SSSR count). The molecule has 0 unspecified atom stereocenters. The van der Waals surface area contributed by atoms with E-state index in [0.29, 0.717) is 28.5 Å². The molecule has 0 fully saturated rings. The number of nitrogen functional groups attached to an aromatic ring is 1. The number of thioether (sulfide) groups is 1. The first kappa shape index (κ1) is 21.2. The van der Waals surface area contributed by atoms with Crippen LogP contribution in [0.3, 0.4) is 0 Å². The van der Waals surface area contributed by atoms with Gasteiger partial charge in [-0.2, -0.15) is 4.99 Å². The third kappa shape index (κ3) is 5.01. The van der Waals surface area contributed by atoms with Gasteiger partial charge in [-0.25, -0.2) is 14.2 Å². The van der Waals surface area contributed by atoms with Gasteiger partial charge < -0.3 is 19.9 Å². The normalized spacial score (nSPS) is 11.9. The lowest BCUT2D eigenvalue weighted by Gasteiger charge is -2.12. The van der Waals surface area contributed by atoms with Crippen molar-refractivity contribution in [1.29, 1.82) is 0 Å². The van der Waals surface area contributed by atoms with Gasteiger partial charge in [0.1, 0.15) is 16.6 Å². The van der Waals surface area contributed by atoms with Crippen LogP contribution in [0, 0.1) is 5.82 Å². The number of ether oxygens (including phenoxy) is 3. The highest BCUT2D eigenvalue weighted by molar-refractivity contribution is 8.15. The van der Waals surface area contributed by atoms with Crippen molar-refractivity contribution in [2.75, 3.05) is 33.3 Å². The van der Waals surface area contributed by atoms with Crippen LogP contribution in [0.4, 0.5) is 20.6 Å². The predicted octanol–water partition coefficient (Wildman–Crippen LogP) is 4.07. The van der Waals surface area contributed by atoms with Crippen LogP contribution in [0.15, 0.2) is 46.4 Å². The molecule has 0 saturated heterocycles. The number of benzene rings is 2. The van der Waals surface area contributed by atoms with Gasteiger partial charge in [-0.3, -0.25) is 0 Å². The molecule has 0 aliphatic carbocycles. The number of rotatable bonds is 5. The Morgan fingerprint density at radius 3 is 2.36 bits per heavy atom. The lowest BCUT2D eigenvalue weighted by atomic mass is 10.1. The molecule has 1 amide bonds. The molecular formula is C19H20FN3O4S. The van der Waals surface area contributed by atoms with E-state index in [1.54, 1.807) is 30.5 Å². The number of halogens is 1. The smallest absolute Gasteiger partial charge is 0.434 e. The minimum atomic E-state index is -0.777. The van der Waals surface area contributed by atoms with E-state index in [4.69, 9.17) is 15.2 Å². The highest BCUT2D eigenvalue weighted by atomic mass is 32.2. The molecule has 2 aromatic rings. The van der Waals surface area contributed by atoms with E-state index in [9.17, 15) is 9.18 Å². The Balaban J connectivity index is 2.68. The molecule has 7 nitrogen and oxygen atoms in total. The summed E-state index contributed by atoms with van der Waals surface area (Å²) in [5.74, 6) is 0.401. The van der Waals surface area contributed by atoms with Gasteiger partial charge in [0.2, 0.25) is 0 Å². The van der Waals surface area contributed by atoms with E-state index in [1.165, 1.54) is 45.2 Å². The van der Waals surface area contributed by atoms with Crippen LogP contribution in [0.2, 0.25) is 0 Å². The Bertz CT molecular complexity index is 931. The Hall–Kier alpha value is -3.07. The fourth-order valence-corrected chi connectivity index (χ4v) is 2.78. The molecule has 0 radical (unpaired) electrons. The van der Waals surface area contributed by atoms with Crippen molar-refractivity contribution in [1.82, 2.24) is 0 Å². The number of carbonyl (C=O) groups is 1. The summed E-state index contributed by atoms with van der Waals surface area (Å²) in [7, 11) is 4.26. The summed E-state index contributed by atoms with van der Waals surface area (Å²) in [5.41, 5.74) is 6.78. The molecule has 0 aliphatic heterocycles. The number of nitrogens with zero attached hydrogens (tertiary/aromatic N) is 2. The maximum absolute atomic E-state index is 13.9. The summed E-state index contributed by atoms with van der Waals surface area (Å²) >= 11 is 1.19. The Kier molecular flexibility index (Phi) is 7.39. The Morgan fingerprint density at radius 1 is 1.07 bits per heavy atom. The summed E-state index contributed by atoms with van der Waals surface area (Å²) in [6.45, 7) is 0. The number of methoxy groups -OCH3 is 3. The van der Waals surface area contributed by atoms with Crippen LogP contribution in [-0.4, -0.2) is 44.4 Å². The van der Waals surface area contributed by atoms with E-state index in [0.717, 1.165) is 0 Å². The number of hydrogen-bond donors (Lipinski definition) is 1. The number of hydrogen-bond acceptors (Lipinski definition) is 7. The Labute approximate surface area is 166 Å². The first-order chi connectivity index (χ1) is 13.4. The summed E-state index contributed by atoms with van der Waals surface area (Å²) in [6, 6.07) is 9.30. The van der Waals surface area contributed by atoms with Gasteiger partial charge in [0, 0.05) is 11.6 Å². The van der Waals surface area contributed by atoms with Gasteiger partial charge >= 0.3 is 6.09 Å². The molecule has 0 spiro atoms. The van der Waals surface area contributed by atoms with Gasteiger partial charge in [-0.05, 0) is 36.6 Å². The molecule has 0 atom stereocenters. The zero-order chi connectivity index (χ0) is 20.7. The monoisotopic (exact) mass is 405 g/mol. The van der Waals surface area contributed by atoms with E-state index in [-0.39, 0.29) is 10.7 Å². The minimum absolute atomic E-state index is 0.0138. The minimum Gasteiger partial charge on any atom is -0.493 e. The molecule has 2 aromatic carbocycles. The van der Waals surface area contributed by atoms with E-state index >= 15 is 0 Å². The van der Waals surface area contributed by atoms with Crippen molar-refractivity contribution in [2.24, 2.45) is 9.98 Å². The maximum atomic E-state index is 13.9. The van der Waals surface area contributed by atoms with Gasteiger partial charge in [0.05, 0.1) is 32.7 Å². The van der Waals surface area contributed by atoms with Crippen molar-refractivity contribution in [3.63, 3.8) is 0 Å². The van der Waals surface area contributed by atoms with Gasteiger partial charge in [0.15, 0.2) is 11.5 Å². The van der Waals surface area contributed by atoms with Crippen molar-refractivity contribution in [3.8, 4) is 11.5 Å². The first-order valence-electron chi connectivity index (χ1n) is 8.00. The molecule has 0 saturated carbocycles. The molecular weight excluding hydrogens is 385 g/mol. The highest BCUT2D eigenvalue weighted by Crippen LogP contribution is 2.29. The zero-order valence-corrected chi connectivity index (χ0v) is 16.7.